The molecule has 1 fully saturated rings. The van der Waals surface area contributed by atoms with Gasteiger partial charge in [0.1, 0.15) is 5.60 Å². The summed E-state index contributed by atoms with van der Waals surface area (Å²) in [5.41, 5.74) is 7.18. The average Bonchev–Trinajstić information content (AvgIpc) is 2.95. The summed E-state index contributed by atoms with van der Waals surface area (Å²) in [7, 11) is 0. The molecule has 2 atom stereocenters. The van der Waals surface area contributed by atoms with Crippen LogP contribution in [0.25, 0.3) is 0 Å². The SMILES string of the molecule is CC1CCCN(C(N)=NCC2(C)OCCc3sccc32)C1. The number of hydrogen-bond acceptors (Lipinski definition) is 3. The number of fused-ring (bicyclic) bond motifs is 1. The van der Waals surface area contributed by atoms with Gasteiger partial charge >= 0.3 is 0 Å². The van der Waals surface area contributed by atoms with Gasteiger partial charge in [0.05, 0.1) is 13.2 Å². The zero-order valence-electron chi connectivity index (χ0n) is 13.0. The first-order valence-corrected chi connectivity index (χ1v) is 8.72. The van der Waals surface area contributed by atoms with Gasteiger partial charge in [-0.2, -0.15) is 0 Å². The number of guanidine groups is 1. The van der Waals surface area contributed by atoms with Gasteiger partial charge in [-0.1, -0.05) is 6.92 Å². The van der Waals surface area contributed by atoms with Crippen molar-refractivity contribution in [2.45, 2.75) is 38.7 Å². The normalized spacial score (nSPS) is 30.3. The van der Waals surface area contributed by atoms with E-state index >= 15 is 0 Å². The number of thiophene rings is 1. The molecular weight excluding hydrogens is 282 g/mol. The zero-order chi connectivity index (χ0) is 14.9. The summed E-state index contributed by atoms with van der Waals surface area (Å²) in [6, 6.07) is 2.17. The van der Waals surface area contributed by atoms with Crippen molar-refractivity contribution in [1.29, 1.82) is 0 Å². The molecular formula is C16H25N3OS. The van der Waals surface area contributed by atoms with Crippen LogP contribution in [0.5, 0.6) is 0 Å². The van der Waals surface area contributed by atoms with E-state index in [1.807, 2.05) is 11.3 Å². The molecule has 2 N–H and O–H groups in total. The third-order valence-electron chi connectivity index (χ3n) is 4.59. The average molecular weight is 307 g/mol. The number of nitrogens with two attached hydrogens (primary N) is 1. The van der Waals surface area contributed by atoms with Crippen LogP contribution >= 0.6 is 11.3 Å². The monoisotopic (exact) mass is 307 g/mol. The molecule has 0 spiro atoms. The fourth-order valence-electron chi connectivity index (χ4n) is 3.31. The molecule has 0 saturated carbocycles. The quantitative estimate of drug-likeness (QED) is 0.675. The van der Waals surface area contributed by atoms with E-state index in [2.05, 4.69) is 35.2 Å². The van der Waals surface area contributed by atoms with Crippen LogP contribution in [0.2, 0.25) is 0 Å². The van der Waals surface area contributed by atoms with Gasteiger partial charge in [0, 0.05) is 24.4 Å². The van der Waals surface area contributed by atoms with Crippen LogP contribution in [0.15, 0.2) is 16.4 Å². The molecule has 4 nitrogen and oxygen atoms in total. The summed E-state index contributed by atoms with van der Waals surface area (Å²) in [6.07, 6.45) is 3.52. The maximum atomic E-state index is 6.20. The number of nitrogens with zero attached hydrogens (tertiary/aromatic N) is 2. The summed E-state index contributed by atoms with van der Waals surface area (Å²) < 4.78 is 6.03. The van der Waals surface area contributed by atoms with E-state index in [-0.39, 0.29) is 5.60 Å². The number of rotatable bonds is 2. The first-order valence-electron chi connectivity index (χ1n) is 7.84. The highest BCUT2D eigenvalue weighted by molar-refractivity contribution is 7.10. The van der Waals surface area contributed by atoms with E-state index in [1.165, 1.54) is 23.3 Å². The first kappa shape index (κ1) is 14.9. The van der Waals surface area contributed by atoms with Crippen molar-refractivity contribution in [1.82, 2.24) is 4.90 Å². The predicted octanol–water partition coefficient (Wildman–Crippen LogP) is 2.58. The van der Waals surface area contributed by atoms with Crippen molar-refractivity contribution in [3.05, 3.63) is 21.9 Å². The maximum Gasteiger partial charge on any atom is 0.191 e. The fraction of sp³-hybridized carbons (Fsp3) is 0.688. The summed E-state index contributed by atoms with van der Waals surface area (Å²) in [6.45, 7) is 7.85. The number of hydrogen-bond donors (Lipinski definition) is 1. The molecule has 1 aromatic heterocycles. The molecule has 5 heteroatoms. The van der Waals surface area contributed by atoms with E-state index in [9.17, 15) is 0 Å². The largest absolute Gasteiger partial charge is 0.370 e. The van der Waals surface area contributed by atoms with Gasteiger partial charge in [-0.25, -0.2) is 4.99 Å². The van der Waals surface area contributed by atoms with Gasteiger partial charge in [-0.15, -0.1) is 11.3 Å². The summed E-state index contributed by atoms with van der Waals surface area (Å²) >= 11 is 1.82. The Kier molecular flexibility index (Phi) is 4.22. The molecule has 1 aromatic rings. The van der Waals surface area contributed by atoms with Crippen LogP contribution in [0.4, 0.5) is 0 Å². The Morgan fingerprint density at radius 2 is 2.48 bits per heavy atom. The van der Waals surface area contributed by atoms with Gasteiger partial charge in [0.2, 0.25) is 0 Å². The number of likely N-dealkylation sites (tertiary alicyclic amines) is 1. The molecule has 0 aromatic carbocycles. The Labute approximate surface area is 131 Å². The minimum atomic E-state index is -0.320. The zero-order valence-corrected chi connectivity index (χ0v) is 13.8. The van der Waals surface area contributed by atoms with Crippen LogP contribution < -0.4 is 5.73 Å². The van der Waals surface area contributed by atoms with Crippen LogP contribution in [0.1, 0.15) is 37.1 Å². The van der Waals surface area contributed by atoms with E-state index in [4.69, 9.17) is 10.5 Å². The molecule has 3 heterocycles. The lowest BCUT2D eigenvalue weighted by Crippen LogP contribution is -2.44. The van der Waals surface area contributed by atoms with Crippen molar-refractivity contribution in [2.24, 2.45) is 16.6 Å². The molecule has 1 saturated heterocycles. The first-order chi connectivity index (χ1) is 10.1. The molecule has 0 aliphatic carbocycles. The predicted molar refractivity (Wildman–Crippen MR) is 87.8 cm³/mol. The Morgan fingerprint density at radius 1 is 1.62 bits per heavy atom. The van der Waals surface area contributed by atoms with Crippen molar-refractivity contribution in [3.63, 3.8) is 0 Å². The Morgan fingerprint density at radius 3 is 3.29 bits per heavy atom. The minimum absolute atomic E-state index is 0.320. The Bertz CT molecular complexity index is 527. The van der Waals surface area contributed by atoms with Gasteiger partial charge in [0.15, 0.2) is 5.96 Å². The van der Waals surface area contributed by atoms with Gasteiger partial charge in [-0.3, -0.25) is 0 Å². The second-order valence-corrected chi connectivity index (χ2v) is 7.46. The van der Waals surface area contributed by atoms with Crippen molar-refractivity contribution < 1.29 is 4.74 Å². The van der Waals surface area contributed by atoms with Crippen molar-refractivity contribution in [3.8, 4) is 0 Å². The van der Waals surface area contributed by atoms with Crippen LogP contribution in [-0.4, -0.2) is 37.1 Å². The lowest BCUT2D eigenvalue weighted by Gasteiger charge is -2.35. The van der Waals surface area contributed by atoms with Crippen molar-refractivity contribution >= 4 is 17.3 Å². The highest BCUT2D eigenvalue weighted by Crippen LogP contribution is 2.36. The van der Waals surface area contributed by atoms with Crippen LogP contribution in [0.3, 0.4) is 0 Å². The molecule has 21 heavy (non-hydrogen) atoms. The lowest BCUT2D eigenvalue weighted by atomic mass is 9.93. The second-order valence-electron chi connectivity index (χ2n) is 6.45. The van der Waals surface area contributed by atoms with Gasteiger partial charge < -0.3 is 15.4 Å². The molecule has 2 unspecified atom stereocenters. The summed E-state index contributed by atoms with van der Waals surface area (Å²) in [5, 5.41) is 2.15. The summed E-state index contributed by atoms with van der Waals surface area (Å²) in [5.74, 6) is 1.38. The Balaban J connectivity index is 1.71. The number of piperidine rings is 1. The smallest absolute Gasteiger partial charge is 0.191 e. The highest BCUT2D eigenvalue weighted by Gasteiger charge is 2.34. The molecule has 0 radical (unpaired) electrons. The molecule has 0 amide bonds. The third-order valence-corrected chi connectivity index (χ3v) is 5.57. The number of ether oxygens (including phenoxy) is 1. The molecule has 116 valence electrons. The van der Waals surface area contributed by atoms with E-state index in [1.54, 1.807) is 0 Å². The topological polar surface area (TPSA) is 50.8 Å². The Hall–Kier alpha value is -1.07. The van der Waals surface area contributed by atoms with Crippen LogP contribution in [0, 0.1) is 5.92 Å². The van der Waals surface area contributed by atoms with E-state index in [0.29, 0.717) is 18.4 Å². The van der Waals surface area contributed by atoms with E-state index in [0.717, 1.165) is 26.1 Å². The number of aliphatic imine (C=N–C) groups is 1. The maximum absolute atomic E-state index is 6.20. The van der Waals surface area contributed by atoms with Crippen LogP contribution in [-0.2, 0) is 16.8 Å². The second kappa shape index (κ2) is 5.97. The third kappa shape index (κ3) is 3.09. The lowest BCUT2D eigenvalue weighted by molar-refractivity contribution is -0.0376. The highest BCUT2D eigenvalue weighted by atomic mass is 32.1. The molecule has 2 aliphatic heterocycles. The molecule has 2 aliphatic rings. The van der Waals surface area contributed by atoms with Gasteiger partial charge in [-0.05, 0) is 42.7 Å². The standard InChI is InChI=1S/C16H25N3OS/c1-12-4-3-7-19(10-12)15(17)18-11-16(2)13-6-9-21-14(13)5-8-20-16/h6,9,12H,3-5,7-8,10-11H2,1-2H3,(H2,17,18). The van der Waals surface area contributed by atoms with E-state index < -0.39 is 0 Å². The van der Waals surface area contributed by atoms with Gasteiger partial charge in [0.25, 0.3) is 0 Å². The minimum Gasteiger partial charge on any atom is -0.370 e. The fourth-order valence-corrected chi connectivity index (χ4v) is 4.29. The summed E-state index contributed by atoms with van der Waals surface area (Å²) in [4.78, 5) is 8.31. The van der Waals surface area contributed by atoms with Crippen molar-refractivity contribution in [2.75, 3.05) is 26.2 Å². The molecule has 0 bridgehead atoms. The molecule has 3 rings (SSSR count).